The monoisotopic (exact) mass is 422 g/mol. The lowest BCUT2D eigenvalue weighted by molar-refractivity contribution is -0.116. The summed E-state index contributed by atoms with van der Waals surface area (Å²) in [5, 5.41) is 2.67. The molecule has 0 saturated heterocycles. The van der Waals surface area contributed by atoms with Gasteiger partial charge in [-0.1, -0.05) is 12.1 Å². The summed E-state index contributed by atoms with van der Waals surface area (Å²) >= 11 is 0. The number of benzene rings is 2. The molecule has 0 aromatic heterocycles. The van der Waals surface area contributed by atoms with Crippen LogP contribution in [0.25, 0.3) is 0 Å². The normalized spacial score (nSPS) is 11.0. The molecule has 0 bridgehead atoms. The summed E-state index contributed by atoms with van der Waals surface area (Å²) in [5.74, 6) is -1.42. The van der Waals surface area contributed by atoms with E-state index in [1.807, 2.05) is 0 Å². The van der Waals surface area contributed by atoms with Gasteiger partial charge in [0.15, 0.2) is 0 Å². The molecule has 0 atom stereocenters. The Balaban J connectivity index is 1.93. The van der Waals surface area contributed by atoms with Crippen molar-refractivity contribution in [3.05, 3.63) is 59.9 Å². The maximum atomic E-state index is 14.0. The van der Waals surface area contributed by atoms with Crippen LogP contribution in [0.15, 0.2) is 48.5 Å². The van der Waals surface area contributed by atoms with Gasteiger partial charge in [-0.05, 0) is 49.7 Å². The van der Waals surface area contributed by atoms with Crippen molar-refractivity contribution in [2.45, 2.75) is 19.8 Å². The van der Waals surface area contributed by atoms with Crippen LogP contribution in [0.5, 0.6) is 0 Å². The maximum Gasteiger partial charge on any atom is 0.338 e. The fourth-order valence-corrected chi connectivity index (χ4v) is 3.60. The first kappa shape index (κ1) is 22.4. The predicted molar refractivity (Wildman–Crippen MR) is 109 cm³/mol. The van der Waals surface area contributed by atoms with Crippen LogP contribution in [0.3, 0.4) is 0 Å². The van der Waals surface area contributed by atoms with Crippen LogP contribution in [0.4, 0.5) is 15.8 Å². The van der Waals surface area contributed by atoms with Crippen molar-refractivity contribution in [2.24, 2.45) is 0 Å². The molecule has 0 aliphatic heterocycles. The summed E-state index contributed by atoms with van der Waals surface area (Å²) in [7, 11) is -3.70. The van der Waals surface area contributed by atoms with Crippen LogP contribution in [0.2, 0.25) is 0 Å². The van der Waals surface area contributed by atoms with Gasteiger partial charge in [0.05, 0.1) is 24.1 Å². The standard InChI is InChI=1S/C20H23FN2O5S/c1-3-28-20(25)15-10-12-16(13-11-15)22-19(24)9-6-14-23(29(2,26)27)18-8-5-4-7-17(18)21/h4-5,7-8,10-13H,3,6,9,14H2,1-2H3,(H,22,24). The summed E-state index contributed by atoms with van der Waals surface area (Å²) in [4.78, 5) is 23.7. The number of anilines is 2. The molecule has 7 nitrogen and oxygen atoms in total. The predicted octanol–water partition coefficient (Wildman–Crippen LogP) is 3.19. The molecule has 29 heavy (non-hydrogen) atoms. The number of nitrogens with one attached hydrogen (secondary N) is 1. The lowest BCUT2D eigenvalue weighted by atomic mass is 10.2. The first-order chi connectivity index (χ1) is 13.7. The third-order valence-corrected chi connectivity index (χ3v) is 5.15. The number of carbonyl (C=O) groups is 2. The molecule has 0 unspecified atom stereocenters. The third kappa shape index (κ3) is 6.56. The van der Waals surface area contributed by atoms with E-state index in [0.717, 1.165) is 10.6 Å². The Morgan fingerprint density at radius 1 is 1.10 bits per heavy atom. The van der Waals surface area contributed by atoms with Gasteiger partial charge in [0.2, 0.25) is 15.9 Å². The maximum absolute atomic E-state index is 14.0. The van der Waals surface area contributed by atoms with Crippen molar-refractivity contribution in [2.75, 3.05) is 29.0 Å². The molecule has 1 amide bonds. The van der Waals surface area contributed by atoms with Gasteiger partial charge in [-0.15, -0.1) is 0 Å². The lowest BCUT2D eigenvalue weighted by Gasteiger charge is -2.22. The Kier molecular flexibility index (Phi) is 7.72. The summed E-state index contributed by atoms with van der Waals surface area (Å²) < 4.78 is 43.8. The van der Waals surface area contributed by atoms with Crippen molar-refractivity contribution in [3.8, 4) is 0 Å². The van der Waals surface area contributed by atoms with E-state index in [2.05, 4.69) is 5.32 Å². The minimum Gasteiger partial charge on any atom is -0.462 e. The number of amides is 1. The molecule has 2 rings (SSSR count). The second-order valence-corrected chi connectivity index (χ2v) is 8.14. The van der Waals surface area contributed by atoms with Crippen molar-refractivity contribution >= 4 is 33.3 Å². The highest BCUT2D eigenvalue weighted by molar-refractivity contribution is 7.92. The highest BCUT2D eigenvalue weighted by atomic mass is 32.2. The number of hydrogen-bond acceptors (Lipinski definition) is 5. The Labute approximate surface area is 169 Å². The summed E-state index contributed by atoms with van der Waals surface area (Å²) in [6.07, 6.45) is 1.23. The van der Waals surface area contributed by atoms with E-state index in [1.165, 1.54) is 30.3 Å². The van der Waals surface area contributed by atoms with Crippen LogP contribution < -0.4 is 9.62 Å². The number of halogens is 1. The average molecular weight is 422 g/mol. The zero-order valence-electron chi connectivity index (χ0n) is 16.2. The summed E-state index contributed by atoms with van der Waals surface area (Å²) in [5.41, 5.74) is 0.820. The number of esters is 1. The van der Waals surface area contributed by atoms with Crippen molar-refractivity contribution in [3.63, 3.8) is 0 Å². The number of para-hydroxylation sites is 1. The molecule has 0 saturated carbocycles. The van der Waals surface area contributed by atoms with E-state index in [0.29, 0.717) is 11.3 Å². The van der Waals surface area contributed by atoms with Crippen LogP contribution in [0.1, 0.15) is 30.1 Å². The molecular weight excluding hydrogens is 399 g/mol. The smallest absolute Gasteiger partial charge is 0.338 e. The fraction of sp³-hybridized carbons (Fsp3) is 0.300. The minimum atomic E-state index is -3.70. The number of hydrogen-bond donors (Lipinski definition) is 1. The number of sulfonamides is 1. The summed E-state index contributed by atoms with van der Waals surface area (Å²) in [6.45, 7) is 1.95. The van der Waals surface area contributed by atoms with Gasteiger partial charge in [0, 0.05) is 18.7 Å². The zero-order valence-corrected chi connectivity index (χ0v) is 17.0. The molecule has 156 valence electrons. The molecule has 0 heterocycles. The average Bonchev–Trinajstić information content (AvgIpc) is 2.66. The molecule has 2 aromatic carbocycles. The van der Waals surface area contributed by atoms with E-state index >= 15 is 0 Å². The Morgan fingerprint density at radius 3 is 2.34 bits per heavy atom. The Bertz CT molecular complexity index is 961. The largest absolute Gasteiger partial charge is 0.462 e. The highest BCUT2D eigenvalue weighted by Crippen LogP contribution is 2.22. The minimum absolute atomic E-state index is 0.0328. The fourth-order valence-electron chi connectivity index (χ4n) is 2.63. The molecule has 0 radical (unpaired) electrons. The van der Waals surface area contributed by atoms with E-state index < -0.39 is 21.8 Å². The lowest BCUT2D eigenvalue weighted by Crippen LogP contribution is -2.32. The van der Waals surface area contributed by atoms with E-state index in [4.69, 9.17) is 4.74 Å². The highest BCUT2D eigenvalue weighted by Gasteiger charge is 2.20. The van der Waals surface area contributed by atoms with Gasteiger partial charge < -0.3 is 10.1 Å². The Hall–Kier alpha value is -2.94. The van der Waals surface area contributed by atoms with E-state index in [1.54, 1.807) is 25.1 Å². The molecule has 0 spiro atoms. The first-order valence-electron chi connectivity index (χ1n) is 9.01. The van der Waals surface area contributed by atoms with Crippen LogP contribution in [0, 0.1) is 5.82 Å². The van der Waals surface area contributed by atoms with Gasteiger partial charge in [0.25, 0.3) is 0 Å². The van der Waals surface area contributed by atoms with Crippen molar-refractivity contribution < 1.29 is 27.1 Å². The number of nitrogens with zero attached hydrogens (tertiary/aromatic N) is 1. The molecule has 0 fully saturated rings. The van der Waals surface area contributed by atoms with Gasteiger partial charge in [-0.3, -0.25) is 9.10 Å². The molecule has 0 aliphatic carbocycles. The second kappa shape index (κ2) is 10.0. The molecular formula is C20H23FN2O5S. The van der Waals surface area contributed by atoms with Gasteiger partial charge in [-0.25, -0.2) is 17.6 Å². The molecule has 0 aliphatic rings. The second-order valence-electron chi connectivity index (χ2n) is 6.24. The van der Waals surface area contributed by atoms with Gasteiger partial charge >= 0.3 is 5.97 Å². The molecule has 9 heteroatoms. The Morgan fingerprint density at radius 2 is 1.76 bits per heavy atom. The topological polar surface area (TPSA) is 92.8 Å². The number of rotatable bonds is 9. The SMILES string of the molecule is CCOC(=O)c1ccc(NC(=O)CCCN(c2ccccc2F)S(C)(=O)=O)cc1. The quantitative estimate of drug-likeness (QED) is 0.627. The van der Waals surface area contributed by atoms with E-state index in [9.17, 15) is 22.4 Å². The van der Waals surface area contributed by atoms with Crippen molar-refractivity contribution in [1.29, 1.82) is 0 Å². The van der Waals surface area contributed by atoms with Gasteiger partial charge in [0.1, 0.15) is 5.82 Å². The third-order valence-electron chi connectivity index (χ3n) is 3.97. The van der Waals surface area contributed by atoms with Crippen LogP contribution in [-0.4, -0.2) is 39.7 Å². The summed E-state index contributed by atoms with van der Waals surface area (Å²) in [6, 6.07) is 11.8. The van der Waals surface area contributed by atoms with Crippen LogP contribution in [-0.2, 0) is 19.6 Å². The van der Waals surface area contributed by atoms with Gasteiger partial charge in [-0.2, -0.15) is 0 Å². The van der Waals surface area contributed by atoms with Crippen molar-refractivity contribution in [1.82, 2.24) is 0 Å². The zero-order chi connectivity index (χ0) is 21.4. The first-order valence-corrected chi connectivity index (χ1v) is 10.9. The molecule has 1 N–H and O–H groups in total. The van der Waals surface area contributed by atoms with E-state index in [-0.39, 0.29) is 37.6 Å². The van der Waals surface area contributed by atoms with Crippen LogP contribution >= 0.6 is 0 Å². The number of ether oxygens (including phenoxy) is 1. The number of carbonyl (C=O) groups excluding carboxylic acids is 2. The molecule has 2 aromatic rings.